The lowest BCUT2D eigenvalue weighted by atomic mass is 9.75. The third-order valence-electron chi connectivity index (χ3n) is 23.2. The van der Waals surface area contributed by atoms with E-state index in [4.69, 9.17) is 8.83 Å². The van der Waals surface area contributed by atoms with Crippen LogP contribution in [0.3, 0.4) is 0 Å². The molecule has 0 N–H and O–H groups in total. The Labute approximate surface area is 506 Å². The molecular weight excluding hydrogens is 1070 g/mol. The van der Waals surface area contributed by atoms with Crippen LogP contribution in [0.4, 0.5) is 0 Å². The Bertz CT molecular complexity index is 6380. The molecule has 22 rings (SSSR count). The lowest BCUT2D eigenvalue weighted by molar-refractivity contribution is 0.582. The Balaban J connectivity index is 0.774. The van der Waals surface area contributed by atoms with Crippen LogP contribution in [-0.2, 0) is 28.1 Å². The van der Waals surface area contributed by atoms with Crippen molar-refractivity contribution in [3.05, 3.63) is 250 Å². The highest BCUT2D eigenvalue weighted by Crippen LogP contribution is 2.59. The molecule has 1 atom stereocenters. The summed E-state index contributed by atoms with van der Waals surface area (Å²) < 4.78 is 19.6. The van der Waals surface area contributed by atoms with Crippen molar-refractivity contribution in [3.63, 3.8) is 0 Å². The van der Waals surface area contributed by atoms with Gasteiger partial charge in [-0.15, -0.1) is 0 Å². The molecule has 0 bridgehead atoms. The predicted octanol–water partition coefficient (Wildman–Crippen LogP) is 22.2. The number of fused-ring (bicyclic) bond motifs is 32. The van der Waals surface area contributed by atoms with Crippen molar-refractivity contribution in [1.29, 1.82) is 0 Å². The molecule has 4 aliphatic rings. The van der Waals surface area contributed by atoms with Gasteiger partial charge in [0.1, 0.15) is 22.3 Å². The number of para-hydroxylation sites is 1. The maximum absolute atomic E-state index is 7.50. The van der Waals surface area contributed by atoms with Gasteiger partial charge in [-0.1, -0.05) is 176 Å². The van der Waals surface area contributed by atoms with Crippen molar-refractivity contribution in [2.24, 2.45) is 0 Å². The Morgan fingerprint density at radius 1 is 0.284 bits per heavy atom. The Morgan fingerprint density at radius 3 is 1.33 bits per heavy atom. The van der Waals surface area contributed by atoms with Crippen molar-refractivity contribution in [3.8, 4) is 44.5 Å². The van der Waals surface area contributed by atoms with Gasteiger partial charge >= 0.3 is 0 Å². The van der Waals surface area contributed by atoms with E-state index in [-0.39, 0.29) is 21.7 Å². The van der Waals surface area contributed by atoms with Crippen LogP contribution < -0.4 is 0 Å². The fraction of sp³-hybridized carbons (Fsp3) is 0.143. The minimum atomic E-state index is -0.365. The molecular formula is C84H56N2O2. The fourth-order valence-electron chi connectivity index (χ4n) is 19.1. The van der Waals surface area contributed by atoms with Gasteiger partial charge in [-0.25, -0.2) is 0 Å². The topological polar surface area (TPSA) is 35.1 Å². The number of rotatable bonds is 2. The summed E-state index contributed by atoms with van der Waals surface area (Å²) in [5.41, 5.74) is 33.4. The summed E-state index contributed by atoms with van der Waals surface area (Å²) in [5.74, 6) is 0. The third kappa shape index (κ3) is 5.16. The van der Waals surface area contributed by atoms with Gasteiger partial charge in [0.2, 0.25) is 0 Å². The van der Waals surface area contributed by atoms with E-state index in [1.807, 2.05) is 0 Å². The van der Waals surface area contributed by atoms with Crippen molar-refractivity contribution < 1.29 is 8.83 Å². The molecule has 0 saturated heterocycles. The van der Waals surface area contributed by atoms with Gasteiger partial charge in [0, 0.05) is 80.9 Å². The maximum Gasteiger partial charge on any atom is 0.145 e. The van der Waals surface area contributed by atoms with Crippen LogP contribution in [-0.4, -0.2) is 8.80 Å². The number of nitrogens with zero attached hydrogens (tertiary/aromatic N) is 2. The molecule has 0 aliphatic heterocycles. The van der Waals surface area contributed by atoms with Gasteiger partial charge in [-0.3, -0.25) is 0 Å². The van der Waals surface area contributed by atoms with Gasteiger partial charge in [0.15, 0.2) is 0 Å². The zero-order valence-electron chi connectivity index (χ0n) is 50.0. The molecule has 414 valence electrons. The van der Waals surface area contributed by atoms with Crippen molar-refractivity contribution in [2.75, 3.05) is 0 Å². The first-order chi connectivity index (χ1) is 42.8. The molecule has 4 nitrogen and oxygen atoms in total. The summed E-state index contributed by atoms with van der Waals surface area (Å²) in [7, 11) is 0. The van der Waals surface area contributed by atoms with E-state index < -0.39 is 0 Å². The highest BCUT2D eigenvalue weighted by atomic mass is 16.3. The highest BCUT2D eigenvalue weighted by Gasteiger charge is 2.43. The van der Waals surface area contributed by atoms with E-state index in [1.54, 1.807) is 0 Å². The van der Waals surface area contributed by atoms with Crippen molar-refractivity contribution in [2.45, 2.75) is 76.5 Å². The Morgan fingerprint density at radius 2 is 0.739 bits per heavy atom. The first-order valence-electron chi connectivity index (χ1n) is 31.5. The third-order valence-corrected chi connectivity index (χ3v) is 23.2. The molecule has 0 spiro atoms. The molecule has 4 aliphatic carbocycles. The van der Waals surface area contributed by atoms with E-state index in [0.717, 1.165) is 39.5 Å². The molecule has 6 heterocycles. The average molecular weight is 1130 g/mol. The summed E-state index contributed by atoms with van der Waals surface area (Å²) in [6.07, 6.45) is 0.797. The lowest BCUT2D eigenvalue weighted by Gasteiger charge is -2.28. The normalized spacial score (nSPS) is 17.4. The summed E-state index contributed by atoms with van der Waals surface area (Å²) >= 11 is 0. The SMILES string of the molecule is CC1(C)c2ccccc2-c2cc3c4cc5c6ccc(CC7(C)c8ccccc8-c8cc9c%10c%11c(cc%12c%13cc%14c(cc%13n(c9cc87)c%12%10)C(C)(C)c7ccccc7-%14)oc7ccccc7%11)cc6oc5c5c6cc7c(cc6n(c3cc21)c45)C(C)(C)c1ccccc1-7. The van der Waals surface area contributed by atoms with Gasteiger partial charge in [0.05, 0.1) is 38.5 Å². The quantitative estimate of drug-likeness (QED) is 0.173. The molecule has 12 aromatic carbocycles. The van der Waals surface area contributed by atoms with Gasteiger partial charge in [-0.2, -0.15) is 0 Å². The van der Waals surface area contributed by atoms with E-state index in [9.17, 15) is 0 Å². The van der Waals surface area contributed by atoms with Gasteiger partial charge < -0.3 is 17.6 Å². The summed E-state index contributed by atoms with van der Waals surface area (Å²) in [6, 6.07) is 77.1. The van der Waals surface area contributed by atoms with E-state index in [2.05, 4.69) is 257 Å². The van der Waals surface area contributed by atoms with E-state index >= 15 is 0 Å². The number of hydrogen-bond donors (Lipinski definition) is 0. The van der Waals surface area contributed by atoms with Crippen LogP contribution in [0, 0.1) is 0 Å². The molecule has 6 aromatic heterocycles. The fourth-order valence-corrected chi connectivity index (χ4v) is 19.1. The van der Waals surface area contributed by atoms with Crippen LogP contribution in [0.25, 0.3) is 165 Å². The monoisotopic (exact) mass is 1120 g/mol. The largest absolute Gasteiger partial charge is 0.456 e. The van der Waals surface area contributed by atoms with Gasteiger partial charge in [0.25, 0.3) is 0 Å². The lowest BCUT2D eigenvalue weighted by Crippen LogP contribution is -2.24. The van der Waals surface area contributed by atoms with Crippen molar-refractivity contribution >= 4 is 120 Å². The second-order valence-electron chi connectivity index (χ2n) is 28.5. The van der Waals surface area contributed by atoms with E-state index in [1.165, 1.54) is 182 Å². The Kier molecular flexibility index (Phi) is 7.91. The van der Waals surface area contributed by atoms with Crippen molar-refractivity contribution in [1.82, 2.24) is 8.80 Å². The first kappa shape index (κ1) is 47.0. The molecule has 88 heavy (non-hydrogen) atoms. The minimum absolute atomic E-state index is 0.130. The molecule has 1 unspecified atom stereocenters. The molecule has 0 saturated carbocycles. The summed E-state index contributed by atoms with van der Waals surface area (Å²) in [4.78, 5) is 0. The zero-order chi connectivity index (χ0) is 58.1. The van der Waals surface area contributed by atoms with E-state index in [0.29, 0.717) is 0 Å². The predicted molar refractivity (Wildman–Crippen MR) is 365 cm³/mol. The van der Waals surface area contributed by atoms with Crippen LogP contribution in [0.1, 0.15) is 98.5 Å². The molecule has 0 amide bonds. The molecule has 4 heteroatoms. The standard InChI is InChI=1S/C84H56N2O2/c1-81(2)60-23-13-8-18-43(60)49-31-53-55-35-57-47-29-28-42(30-73(47)88-80(57)77-59-33-51-45-20-10-15-25-62(45)83(5,6)66(51)39-70(59)86(79(55)77)68(53)37-64(49)81)41-84(7)63-26-16-11-21-46(63)52-34-58-71(40-67(52)84)85-69-38-65-50(44-19-9-14-24-61(44)82(65,3)4)32-54(69)56-36-74-75(76(58)78(56)85)48-22-12-17-27-72(48)87-74/h8-40H,41H2,1-7H3. The highest BCUT2D eigenvalue weighted by molar-refractivity contribution is 6.36. The number of benzene rings is 12. The molecule has 18 aromatic rings. The Hall–Kier alpha value is -10.2. The molecule has 0 fully saturated rings. The number of aromatic nitrogens is 2. The summed E-state index contributed by atoms with van der Waals surface area (Å²) in [6.45, 7) is 16.9. The smallest absolute Gasteiger partial charge is 0.145 e. The second-order valence-corrected chi connectivity index (χ2v) is 28.5. The number of furan rings is 2. The maximum atomic E-state index is 7.50. The second kappa shape index (κ2) is 14.8. The molecule has 0 radical (unpaired) electrons. The average Bonchev–Trinajstić information content (AvgIpc) is 1.52. The van der Waals surface area contributed by atoms with Crippen LogP contribution in [0.15, 0.2) is 209 Å². The minimum Gasteiger partial charge on any atom is -0.456 e. The van der Waals surface area contributed by atoms with Gasteiger partial charge in [-0.05, 0) is 174 Å². The summed E-state index contributed by atoms with van der Waals surface area (Å²) in [5, 5.41) is 14.7. The van der Waals surface area contributed by atoms with Crippen LogP contribution >= 0.6 is 0 Å². The first-order valence-corrected chi connectivity index (χ1v) is 31.5. The zero-order valence-corrected chi connectivity index (χ0v) is 50.0. The van der Waals surface area contributed by atoms with Crippen LogP contribution in [0.5, 0.6) is 0 Å². The van der Waals surface area contributed by atoms with Crippen LogP contribution in [0.2, 0.25) is 0 Å². The number of hydrogen-bond acceptors (Lipinski definition) is 2.